The highest BCUT2D eigenvalue weighted by atomic mass is 32.2. The van der Waals surface area contributed by atoms with E-state index in [2.05, 4.69) is 0 Å². The van der Waals surface area contributed by atoms with Crippen LogP contribution in [-0.4, -0.2) is 32.1 Å². The second-order valence-electron chi connectivity index (χ2n) is 6.54. The van der Waals surface area contributed by atoms with E-state index in [1.54, 1.807) is 6.07 Å². The van der Waals surface area contributed by atoms with Crippen LogP contribution < -0.4 is 8.92 Å². The van der Waals surface area contributed by atoms with Crippen molar-refractivity contribution in [2.45, 2.75) is 25.1 Å². The molecule has 1 aliphatic rings. The van der Waals surface area contributed by atoms with Gasteiger partial charge < -0.3 is 14.0 Å². The van der Waals surface area contributed by atoms with Crippen LogP contribution in [0.3, 0.4) is 0 Å². The number of rotatable bonds is 8. The molecule has 0 radical (unpaired) electrons. The first kappa shape index (κ1) is 21.2. The van der Waals surface area contributed by atoms with Crippen LogP contribution in [0.1, 0.15) is 30.1 Å². The van der Waals surface area contributed by atoms with Crippen LogP contribution in [0, 0.1) is 0 Å². The lowest BCUT2D eigenvalue weighted by Crippen LogP contribution is -2.17. The number of ether oxygens (including phenoxy) is 1. The van der Waals surface area contributed by atoms with E-state index in [-0.39, 0.29) is 12.4 Å². The lowest BCUT2D eigenvalue weighted by atomic mass is 10.1. The summed E-state index contributed by atoms with van der Waals surface area (Å²) in [7, 11) is -4.17. The van der Waals surface area contributed by atoms with Crippen molar-refractivity contribution in [3.8, 4) is 11.5 Å². The molecule has 2 aromatic carbocycles. The van der Waals surface area contributed by atoms with Crippen molar-refractivity contribution in [1.29, 1.82) is 0 Å². The Labute approximate surface area is 166 Å². The van der Waals surface area contributed by atoms with Gasteiger partial charge in [-0.15, -0.1) is 0 Å². The van der Waals surface area contributed by atoms with Gasteiger partial charge in [-0.05, 0) is 30.2 Å². The largest absolute Gasteiger partial charge is 0.481 e. The summed E-state index contributed by atoms with van der Waals surface area (Å²) in [6.45, 7) is -0.205. The van der Waals surface area contributed by atoms with E-state index in [0.717, 1.165) is 11.1 Å². The first-order valence-electron chi connectivity index (χ1n) is 8.83. The molecule has 1 aliphatic carbocycles. The van der Waals surface area contributed by atoms with E-state index in [0.29, 0.717) is 11.3 Å². The Morgan fingerprint density at radius 2 is 1.76 bits per heavy atom. The number of aliphatic hydroxyl groups excluding tert-OH is 1. The standard InChI is InChI=1S/C20H19F3O5S/c21-20(22,23)9-4-10-29(25,26)28-17-7-3-6-16(12-17)27-19-15(13-24)11-14-5-1-2-8-18(14)19/h1-3,5-8,11-12,19,24H,4,9-10,13H2. The predicted molar refractivity (Wildman–Crippen MR) is 101 cm³/mol. The number of aliphatic hydroxyl groups is 1. The van der Waals surface area contributed by atoms with Gasteiger partial charge in [-0.25, -0.2) is 0 Å². The first-order chi connectivity index (χ1) is 13.7. The normalized spacial score (nSPS) is 16.3. The summed E-state index contributed by atoms with van der Waals surface area (Å²) in [6, 6.07) is 13.3. The minimum atomic E-state index is -4.42. The molecular weight excluding hydrogens is 409 g/mol. The van der Waals surface area contributed by atoms with Gasteiger partial charge in [0.1, 0.15) is 17.6 Å². The minimum absolute atomic E-state index is 0.0599. The zero-order valence-corrected chi connectivity index (χ0v) is 16.0. The maximum Gasteiger partial charge on any atom is 0.389 e. The molecule has 156 valence electrons. The first-order valence-corrected chi connectivity index (χ1v) is 10.4. The molecule has 9 heteroatoms. The fraction of sp³-hybridized carbons (Fsp3) is 0.300. The second kappa shape index (κ2) is 8.46. The summed E-state index contributed by atoms with van der Waals surface area (Å²) in [5.41, 5.74) is 2.43. The number of fused-ring (bicyclic) bond motifs is 1. The molecular formula is C20H19F3O5S. The maximum atomic E-state index is 12.2. The molecule has 0 saturated carbocycles. The summed E-state index contributed by atoms with van der Waals surface area (Å²) in [5.74, 6) is -0.505. The maximum absolute atomic E-state index is 12.2. The van der Waals surface area contributed by atoms with Gasteiger partial charge in [0, 0.05) is 23.6 Å². The van der Waals surface area contributed by atoms with Crippen LogP contribution in [0.15, 0.2) is 54.1 Å². The average Bonchev–Trinajstić information content (AvgIpc) is 2.98. The summed E-state index contributed by atoms with van der Waals surface area (Å²) in [5, 5.41) is 9.60. The van der Waals surface area contributed by atoms with Gasteiger partial charge in [-0.1, -0.05) is 30.3 Å². The van der Waals surface area contributed by atoms with E-state index in [4.69, 9.17) is 8.92 Å². The smallest absolute Gasteiger partial charge is 0.389 e. The van der Waals surface area contributed by atoms with Crippen LogP contribution in [0.4, 0.5) is 13.2 Å². The summed E-state index contributed by atoms with van der Waals surface area (Å²) < 4.78 is 71.3. The van der Waals surface area contributed by atoms with Crippen molar-refractivity contribution in [1.82, 2.24) is 0 Å². The van der Waals surface area contributed by atoms with Gasteiger partial charge in [0.15, 0.2) is 0 Å². The number of alkyl halides is 3. The zero-order chi connectivity index (χ0) is 21.1. The molecule has 0 saturated heterocycles. The lowest BCUT2D eigenvalue weighted by molar-refractivity contribution is -0.134. The Balaban J connectivity index is 1.69. The summed E-state index contributed by atoms with van der Waals surface area (Å²) in [6.07, 6.45) is -4.90. The summed E-state index contributed by atoms with van der Waals surface area (Å²) >= 11 is 0. The van der Waals surface area contributed by atoms with Gasteiger partial charge >= 0.3 is 16.3 Å². The SMILES string of the molecule is O=S(=O)(CCCC(F)(F)F)Oc1cccc(OC2C(CO)=Cc3ccccc32)c1. The molecule has 0 bridgehead atoms. The minimum Gasteiger partial charge on any atom is -0.481 e. The Kier molecular flexibility index (Phi) is 6.18. The van der Waals surface area contributed by atoms with Crippen molar-refractivity contribution >= 4 is 16.2 Å². The average molecular weight is 428 g/mol. The van der Waals surface area contributed by atoms with Crippen LogP contribution in [0.5, 0.6) is 11.5 Å². The van der Waals surface area contributed by atoms with Gasteiger partial charge in [0.25, 0.3) is 0 Å². The quantitative estimate of drug-likeness (QED) is 0.637. The number of hydrogen-bond donors (Lipinski definition) is 1. The number of hydrogen-bond acceptors (Lipinski definition) is 5. The topological polar surface area (TPSA) is 72.8 Å². The molecule has 0 spiro atoms. The van der Waals surface area contributed by atoms with Crippen molar-refractivity contribution in [2.75, 3.05) is 12.4 Å². The van der Waals surface area contributed by atoms with Crippen LogP contribution in [0.25, 0.3) is 6.08 Å². The molecule has 1 N–H and O–H groups in total. The highest BCUT2D eigenvalue weighted by Crippen LogP contribution is 2.38. The monoisotopic (exact) mass is 428 g/mol. The summed E-state index contributed by atoms with van der Waals surface area (Å²) in [4.78, 5) is 0. The molecule has 29 heavy (non-hydrogen) atoms. The fourth-order valence-corrected chi connectivity index (χ4v) is 3.98. The molecule has 0 heterocycles. The van der Waals surface area contributed by atoms with Gasteiger partial charge in [0.05, 0.1) is 12.4 Å². The molecule has 1 unspecified atom stereocenters. The molecule has 0 fully saturated rings. The third kappa shape index (κ3) is 5.74. The van der Waals surface area contributed by atoms with Crippen molar-refractivity contribution in [3.05, 3.63) is 65.2 Å². The number of benzene rings is 2. The highest BCUT2D eigenvalue weighted by Gasteiger charge is 2.28. The third-order valence-corrected chi connectivity index (χ3v) is 5.51. The third-order valence-electron chi connectivity index (χ3n) is 4.28. The van der Waals surface area contributed by atoms with E-state index in [1.165, 1.54) is 18.2 Å². The van der Waals surface area contributed by atoms with E-state index in [9.17, 15) is 26.7 Å². The number of halogens is 3. The van der Waals surface area contributed by atoms with Crippen molar-refractivity contribution < 1.29 is 35.6 Å². The van der Waals surface area contributed by atoms with Gasteiger partial charge in [0.2, 0.25) is 0 Å². The van der Waals surface area contributed by atoms with Gasteiger partial charge in [-0.3, -0.25) is 0 Å². The fourth-order valence-electron chi connectivity index (χ4n) is 3.00. The Morgan fingerprint density at radius 3 is 2.48 bits per heavy atom. The zero-order valence-electron chi connectivity index (χ0n) is 15.2. The molecule has 1 atom stereocenters. The predicted octanol–water partition coefficient (Wildman–Crippen LogP) is 4.25. The van der Waals surface area contributed by atoms with Crippen molar-refractivity contribution in [2.24, 2.45) is 0 Å². The van der Waals surface area contributed by atoms with Crippen molar-refractivity contribution in [3.63, 3.8) is 0 Å². The van der Waals surface area contributed by atoms with Gasteiger partial charge in [-0.2, -0.15) is 21.6 Å². The van der Waals surface area contributed by atoms with Crippen LogP contribution >= 0.6 is 0 Å². The van der Waals surface area contributed by atoms with E-state index < -0.39 is 41.0 Å². The molecule has 5 nitrogen and oxygen atoms in total. The highest BCUT2D eigenvalue weighted by molar-refractivity contribution is 7.87. The Hall–Kier alpha value is -2.52. The Bertz CT molecular complexity index is 999. The molecule has 2 aromatic rings. The lowest BCUT2D eigenvalue weighted by Gasteiger charge is -2.18. The molecule has 0 aliphatic heterocycles. The van der Waals surface area contributed by atoms with E-state index in [1.807, 2.05) is 30.3 Å². The Morgan fingerprint density at radius 1 is 1.03 bits per heavy atom. The molecule has 0 amide bonds. The second-order valence-corrected chi connectivity index (χ2v) is 8.23. The van der Waals surface area contributed by atoms with Crippen LogP contribution in [-0.2, 0) is 10.1 Å². The molecule has 0 aromatic heterocycles. The molecule has 3 rings (SSSR count). The van der Waals surface area contributed by atoms with E-state index >= 15 is 0 Å². The van der Waals surface area contributed by atoms with Crippen LogP contribution in [0.2, 0.25) is 0 Å².